The third-order valence-electron chi connectivity index (χ3n) is 4.34. The second kappa shape index (κ2) is 15.7. The summed E-state index contributed by atoms with van der Waals surface area (Å²) in [6, 6.07) is 0. The molecule has 0 radical (unpaired) electrons. The van der Waals surface area contributed by atoms with Gasteiger partial charge in [0.1, 0.15) is 6.54 Å². The molecule has 0 aromatic rings. The van der Waals surface area contributed by atoms with Crippen LogP contribution in [0, 0.1) is 0 Å². The van der Waals surface area contributed by atoms with Gasteiger partial charge in [-0.3, -0.25) is 9.59 Å². The van der Waals surface area contributed by atoms with E-state index < -0.39 is 12.1 Å². The maximum atomic E-state index is 12.0. The van der Waals surface area contributed by atoms with Crippen molar-refractivity contribution in [2.75, 3.05) is 27.7 Å². The maximum Gasteiger partial charge on any atom is 0.307 e. The van der Waals surface area contributed by atoms with Crippen LogP contribution in [0.4, 0.5) is 0 Å². The number of carbonyl (C=O) groups is 2. The summed E-state index contributed by atoms with van der Waals surface area (Å²) in [5, 5.41) is 8.97. The third-order valence-corrected chi connectivity index (χ3v) is 4.34. The van der Waals surface area contributed by atoms with E-state index in [1.165, 1.54) is 44.9 Å². The fraction of sp³-hybridized carbons (Fsp3) is 0.818. The van der Waals surface area contributed by atoms with Crippen molar-refractivity contribution in [2.24, 2.45) is 0 Å². The molecule has 1 atom stereocenters. The molecule has 0 bridgehead atoms. The highest BCUT2D eigenvalue weighted by Crippen LogP contribution is 2.10. The molecular weight excluding hydrogens is 342 g/mol. The first kappa shape index (κ1) is 25.6. The minimum absolute atomic E-state index is 0.139. The molecule has 0 fully saturated rings. The molecule has 0 aliphatic carbocycles. The number of likely N-dealkylation sites (N-methyl/N-ethyl adjacent to an activating group) is 1. The lowest BCUT2D eigenvalue weighted by Crippen LogP contribution is -2.43. The van der Waals surface area contributed by atoms with Gasteiger partial charge in [-0.2, -0.15) is 0 Å². The summed E-state index contributed by atoms with van der Waals surface area (Å²) in [4.78, 5) is 22.9. The average Bonchev–Trinajstić information content (AvgIpc) is 2.53. The summed E-state index contributed by atoms with van der Waals surface area (Å²) in [6.07, 6.45) is 16.0. The van der Waals surface area contributed by atoms with Crippen molar-refractivity contribution in [3.63, 3.8) is 0 Å². The Balaban J connectivity index is 3.80. The molecule has 0 aliphatic rings. The van der Waals surface area contributed by atoms with E-state index in [4.69, 9.17) is 9.84 Å². The lowest BCUT2D eigenvalue weighted by Gasteiger charge is -2.28. The molecular formula is C22H42NO4+. The number of hydrogen-bond donors (Lipinski definition) is 1. The smallest absolute Gasteiger partial charge is 0.307 e. The number of carbonyl (C=O) groups excluding carboxylic acids is 1. The number of nitrogens with zero attached hydrogens (tertiary/aromatic N) is 1. The predicted octanol–water partition coefficient (Wildman–Crippen LogP) is 4.95. The number of hydrogen-bond acceptors (Lipinski definition) is 3. The first-order valence-corrected chi connectivity index (χ1v) is 10.6. The molecule has 0 spiro atoms. The number of carboxylic acids is 1. The molecule has 0 rings (SSSR count). The topological polar surface area (TPSA) is 63.6 Å². The summed E-state index contributed by atoms with van der Waals surface area (Å²) in [5.74, 6) is -1.23. The van der Waals surface area contributed by atoms with Gasteiger partial charge in [0.25, 0.3) is 0 Å². The summed E-state index contributed by atoms with van der Waals surface area (Å²) < 4.78 is 5.94. The quantitative estimate of drug-likeness (QED) is 0.167. The van der Waals surface area contributed by atoms with Gasteiger partial charge in [0.2, 0.25) is 0 Å². The minimum atomic E-state index is -0.936. The SMILES string of the molecule is CCCCCCCCC/C=C/CCCC(=O)OC(CC(=O)O)C[N+](C)(C)C. The zero-order valence-electron chi connectivity index (χ0n) is 18.0. The lowest BCUT2D eigenvalue weighted by atomic mass is 10.1. The first-order chi connectivity index (χ1) is 12.7. The number of allylic oxidation sites excluding steroid dienone is 2. The van der Waals surface area contributed by atoms with Crippen molar-refractivity contribution in [1.29, 1.82) is 0 Å². The van der Waals surface area contributed by atoms with Crippen LogP contribution < -0.4 is 0 Å². The summed E-state index contributed by atoms with van der Waals surface area (Å²) in [7, 11) is 5.87. The molecule has 0 aromatic heterocycles. The number of unbranched alkanes of at least 4 members (excludes halogenated alkanes) is 8. The van der Waals surface area contributed by atoms with Crippen LogP contribution in [-0.4, -0.2) is 55.3 Å². The van der Waals surface area contributed by atoms with E-state index in [0.717, 1.165) is 19.3 Å². The Bertz CT molecular complexity index is 427. The first-order valence-electron chi connectivity index (χ1n) is 10.6. The van der Waals surface area contributed by atoms with Crippen LogP contribution in [0.3, 0.4) is 0 Å². The maximum absolute atomic E-state index is 12.0. The van der Waals surface area contributed by atoms with E-state index in [1.807, 2.05) is 21.1 Å². The Labute approximate surface area is 166 Å². The average molecular weight is 385 g/mol. The van der Waals surface area contributed by atoms with Crippen LogP contribution in [0.25, 0.3) is 0 Å². The van der Waals surface area contributed by atoms with Gasteiger partial charge in [-0.15, -0.1) is 0 Å². The van der Waals surface area contributed by atoms with Gasteiger partial charge in [-0.1, -0.05) is 57.6 Å². The number of quaternary nitrogens is 1. The molecule has 1 unspecified atom stereocenters. The monoisotopic (exact) mass is 384 g/mol. The highest BCUT2D eigenvalue weighted by molar-refractivity contribution is 5.71. The second-order valence-electron chi connectivity index (χ2n) is 8.46. The second-order valence-corrected chi connectivity index (χ2v) is 8.46. The van der Waals surface area contributed by atoms with Gasteiger partial charge >= 0.3 is 11.9 Å². The molecule has 0 amide bonds. The highest BCUT2D eigenvalue weighted by Gasteiger charge is 2.24. The van der Waals surface area contributed by atoms with Crippen molar-refractivity contribution >= 4 is 11.9 Å². The number of rotatable bonds is 17. The van der Waals surface area contributed by atoms with Gasteiger partial charge in [-0.25, -0.2) is 0 Å². The van der Waals surface area contributed by atoms with Crippen LogP contribution in [0.2, 0.25) is 0 Å². The molecule has 0 aromatic carbocycles. The summed E-state index contributed by atoms with van der Waals surface area (Å²) in [5.41, 5.74) is 0. The van der Waals surface area contributed by atoms with Crippen LogP contribution in [-0.2, 0) is 14.3 Å². The predicted molar refractivity (Wildman–Crippen MR) is 111 cm³/mol. The fourth-order valence-electron chi connectivity index (χ4n) is 3.01. The third kappa shape index (κ3) is 19.2. The van der Waals surface area contributed by atoms with E-state index in [1.54, 1.807) is 0 Å². The van der Waals surface area contributed by atoms with Crippen molar-refractivity contribution in [3.8, 4) is 0 Å². The van der Waals surface area contributed by atoms with E-state index in [-0.39, 0.29) is 12.4 Å². The van der Waals surface area contributed by atoms with Gasteiger partial charge in [0, 0.05) is 6.42 Å². The van der Waals surface area contributed by atoms with Gasteiger partial charge in [-0.05, 0) is 25.7 Å². The van der Waals surface area contributed by atoms with Gasteiger partial charge in [0.05, 0.1) is 27.6 Å². The normalized spacial score (nSPS) is 13.0. The molecule has 0 heterocycles. The minimum Gasteiger partial charge on any atom is -0.481 e. The summed E-state index contributed by atoms with van der Waals surface area (Å²) in [6.45, 7) is 2.74. The number of carboxylic acid groups (broad SMARTS) is 1. The number of aliphatic carboxylic acids is 1. The zero-order valence-corrected chi connectivity index (χ0v) is 18.0. The largest absolute Gasteiger partial charge is 0.481 e. The van der Waals surface area contributed by atoms with Crippen molar-refractivity contribution < 1.29 is 23.9 Å². The molecule has 0 saturated heterocycles. The molecule has 0 aliphatic heterocycles. The Morgan fingerprint density at radius 1 is 0.926 bits per heavy atom. The van der Waals surface area contributed by atoms with Crippen LogP contribution >= 0.6 is 0 Å². The zero-order chi connectivity index (χ0) is 20.5. The van der Waals surface area contributed by atoms with E-state index >= 15 is 0 Å². The Morgan fingerprint density at radius 3 is 2.04 bits per heavy atom. The molecule has 0 saturated carbocycles. The van der Waals surface area contributed by atoms with E-state index in [0.29, 0.717) is 17.4 Å². The van der Waals surface area contributed by atoms with Crippen LogP contribution in [0.1, 0.15) is 84.0 Å². The van der Waals surface area contributed by atoms with Crippen LogP contribution in [0.5, 0.6) is 0 Å². The van der Waals surface area contributed by atoms with Crippen molar-refractivity contribution in [1.82, 2.24) is 0 Å². The lowest BCUT2D eigenvalue weighted by molar-refractivity contribution is -0.873. The summed E-state index contributed by atoms with van der Waals surface area (Å²) >= 11 is 0. The Kier molecular flexibility index (Phi) is 14.9. The molecule has 27 heavy (non-hydrogen) atoms. The standard InChI is InChI=1S/C22H41NO4/c1-5-6-7-8-9-10-11-12-13-14-15-16-17-22(26)27-20(18-21(24)25)19-23(2,3)4/h13-14,20H,5-12,15-19H2,1-4H3/p+1/b14-13+. The van der Waals surface area contributed by atoms with Crippen molar-refractivity contribution in [3.05, 3.63) is 12.2 Å². The molecule has 5 heteroatoms. The fourth-order valence-corrected chi connectivity index (χ4v) is 3.01. The van der Waals surface area contributed by atoms with E-state index in [2.05, 4.69) is 19.1 Å². The van der Waals surface area contributed by atoms with Gasteiger partial charge in [0.15, 0.2) is 6.10 Å². The van der Waals surface area contributed by atoms with Crippen molar-refractivity contribution in [2.45, 2.75) is 90.1 Å². The van der Waals surface area contributed by atoms with Gasteiger partial charge < -0.3 is 14.3 Å². The number of ether oxygens (including phenoxy) is 1. The highest BCUT2D eigenvalue weighted by atomic mass is 16.5. The Morgan fingerprint density at radius 2 is 1.48 bits per heavy atom. The number of esters is 1. The Hall–Kier alpha value is -1.36. The molecule has 158 valence electrons. The van der Waals surface area contributed by atoms with Crippen LogP contribution in [0.15, 0.2) is 12.2 Å². The molecule has 5 nitrogen and oxygen atoms in total. The van der Waals surface area contributed by atoms with E-state index in [9.17, 15) is 9.59 Å². The molecule has 1 N–H and O–H groups in total.